The molecule has 1 aliphatic rings. The lowest BCUT2D eigenvalue weighted by Gasteiger charge is -2.02. The number of rotatable bonds is 1. The average molecular weight is 102 g/mol. The second-order valence-corrected chi connectivity index (χ2v) is 1.64. The third-order valence-corrected chi connectivity index (χ3v) is 1.09. The molecule has 1 aliphatic heterocycles. The summed E-state index contributed by atoms with van der Waals surface area (Å²) in [6.45, 7) is 2.15. The Balaban J connectivity index is 2.14. The summed E-state index contributed by atoms with van der Waals surface area (Å²) in [6.07, 6.45) is 0.153. The van der Waals surface area contributed by atoms with Crippen LogP contribution >= 0.6 is 0 Å². The van der Waals surface area contributed by atoms with E-state index in [4.69, 9.17) is 5.11 Å². The van der Waals surface area contributed by atoms with Gasteiger partial charge in [-0.15, -0.1) is 0 Å². The second-order valence-electron chi connectivity index (χ2n) is 1.64. The monoisotopic (exact) mass is 102 g/mol. The van der Waals surface area contributed by atoms with Crippen molar-refractivity contribution in [2.75, 3.05) is 19.7 Å². The van der Waals surface area contributed by atoms with Gasteiger partial charge in [0.05, 0.1) is 12.8 Å². The van der Waals surface area contributed by atoms with Crippen LogP contribution in [0.25, 0.3) is 0 Å². The maximum Gasteiger partial charge on any atom is 0.0811 e. The number of nitrogens with one attached hydrogen (secondary N) is 2. The quantitative estimate of drug-likeness (QED) is 0.377. The molecule has 1 rings (SSSR count). The Kier molecular flexibility index (Phi) is 1.62. The first-order chi connectivity index (χ1) is 3.43. The van der Waals surface area contributed by atoms with Crippen LogP contribution in [-0.4, -0.2) is 31.0 Å². The molecule has 0 aromatic carbocycles. The molecule has 0 aliphatic carbocycles. The summed E-state index contributed by atoms with van der Waals surface area (Å²) in [5.41, 5.74) is 0. The van der Waals surface area contributed by atoms with Gasteiger partial charge in [-0.2, -0.15) is 0 Å². The van der Waals surface area contributed by atoms with Crippen molar-refractivity contribution in [3.63, 3.8) is 0 Å². The van der Waals surface area contributed by atoms with E-state index in [0.29, 0.717) is 0 Å². The lowest BCUT2D eigenvalue weighted by atomic mass is 10.6. The van der Waals surface area contributed by atoms with Crippen LogP contribution in [0.3, 0.4) is 0 Å². The van der Waals surface area contributed by atoms with Crippen LogP contribution in [0.2, 0.25) is 0 Å². The van der Waals surface area contributed by atoms with Gasteiger partial charge in [-0.05, 0) is 0 Å². The minimum absolute atomic E-state index is 0.153. The molecule has 1 heterocycles. The fraction of sp³-hybridized carbons (Fsp3) is 1.00. The van der Waals surface area contributed by atoms with Gasteiger partial charge in [0.1, 0.15) is 0 Å². The summed E-state index contributed by atoms with van der Waals surface area (Å²) < 4.78 is 0. The van der Waals surface area contributed by atoms with Crippen LogP contribution in [-0.2, 0) is 0 Å². The van der Waals surface area contributed by atoms with E-state index in [0.717, 1.165) is 13.1 Å². The molecule has 3 heteroatoms. The molecule has 0 aromatic rings. The first-order valence-corrected chi connectivity index (χ1v) is 2.51. The molecule has 3 nitrogen and oxygen atoms in total. The van der Waals surface area contributed by atoms with Gasteiger partial charge in [-0.3, -0.25) is 10.6 Å². The summed E-state index contributed by atoms with van der Waals surface area (Å²) in [4.78, 5) is 0. The van der Waals surface area contributed by atoms with Gasteiger partial charge in [0.2, 0.25) is 0 Å². The summed E-state index contributed by atoms with van der Waals surface area (Å²) in [5.74, 6) is 0. The van der Waals surface area contributed by atoms with E-state index in [1.807, 2.05) is 0 Å². The van der Waals surface area contributed by atoms with Crippen LogP contribution in [0.5, 0.6) is 0 Å². The van der Waals surface area contributed by atoms with Gasteiger partial charge in [-0.25, -0.2) is 0 Å². The minimum atomic E-state index is 0.153. The smallest absolute Gasteiger partial charge is 0.0811 e. The summed E-state index contributed by atoms with van der Waals surface area (Å²) in [7, 11) is 0. The van der Waals surface area contributed by atoms with Gasteiger partial charge >= 0.3 is 0 Å². The highest BCUT2D eigenvalue weighted by Crippen LogP contribution is 1.80. The molecule has 0 amide bonds. The second kappa shape index (κ2) is 2.26. The number of aliphatic hydroxyl groups excluding tert-OH is 1. The first kappa shape index (κ1) is 5.03. The molecule has 0 saturated carbocycles. The molecule has 0 atom stereocenters. The van der Waals surface area contributed by atoms with Crippen molar-refractivity contribution >= 4 is 0 Å². The van der Waals surface area contributed by atoms with Crippen molar-refractivity contribution in [1.29, 1.82) is 0 Å². The van der Waals surface area contributed by atoms with E-state index in [-0.39, 0.29) is 12.8 Å². The minimum Gasteiger partial charge on any atom is -0.393 e. The lowest BCUT2D eigenvalue weighted by molar-refractivity contribution is 0.244. The highest BCUT2D eigenvalue weighted by atomic mass is 16.3. The Morgan fingerprint density at radius 2 is 2.00 bits per heavy atom. The van der Waals surface area contributed by atoms with Crippen molar-refractivity contribution < 1.29 is 5.11 Å². The third-order valence-electron chi connectivity index (χ3n) is 1.09. The maximum atomic E-state index is 8.44. The summed E-state index contributed by atoms with van der Waals surface area (Å²) >= 11 is 0. The molecule has 42 valence electrons. The summed E-state index contributed by atoms with van der Waals surface area (Å²) in [5, 5.41) is 14.5. The van der Waals surface area contributed by atoms with Crippen molar-refractivity contribution in [3.05, 3.63) is 0 Å². The van der Waals surface area contributed by atoms with Crippen molar-refractivity contribution in [2.24, 2.45) is 0 Å². The fourth-order valence-electron chi connectivity index (χ4n) is 0.694. The van der Waals surface area contributed by atoms with Crippen LogP contribution in [0.15, 0.2) is 0 Å². The number of hydrogen-bond acceptors (Lipinski definition) is 3. The standard InChI is InChI=1S/C4H10N2O/c7-3-4-5-1-2-6-4/h4-7H,1-3H2. The van der Waals surface area contributed by atoms with E-state index in [9.17, 15) is 0 Å². The number of hydrogen-bond donors (Lipinski definition) is 3. The van der Waals surface area contributed by atoms with Crippen LogP contribution in [0, 0.1) is 0 Å². The molecule has 0 aromatic heterocycles. The molecule has 0 radical (unpaired) electrons. The predicted octanol–water partition coefficient (Wildman–Crippen LogP) is -1.50. The zero-order chi connectivity index (χ0) is 5.11. The van der Waals surface area contributed by atoms with Crippen LogP contribution < -0.4 is 10.6 Å². The summed E-state index contributed by atoms with van der Waals surface area (Å²) in [6, 6.07) is 0. The predicted molar refractivity (Wildman–Crippen MR) is 26.9 cm³/mol. The van der Waals surface area contributed by atoms with E-state index in [2.05, 4.69) is 10.6 Å². The van der Waals surface area contributed by atoms with E-state index in [1.165, 1.54) is 0 Å². The van der Waals surface area contributed by atoms with E-state index in [1.54, 1.807) is 0 Å². The SMILES string of the molecule is OCC1NCCN1. The number of aliphatic hydroxyl groups is 1. The molecule has 7 heavy (non-hydrogen) atoms. The van der Waals surface area contributed by atoms with Gasteiger partial charge in [0.25, 0.3) is 0 Å². The van der Waals surface area contributed by atoms with Crippen molar-refractivity contribution in [2.45, 2.75) is 6.17 Å². The molecule has 1 saturated heterocycles. The van der Waals surface area contributed by atoms with Crippen molar-refractivity contribution in [1.82, 2.24) is 10.6 Å². The normalized spacial score (nSPS) is 23.6. The molecule has 0 bridgehead atoms. The Labute approximate surface area is 42.7 Å². The Morgan fingerprint density at radius 3 is 2.29 bits per heavy atom. The third kappa shape index (κ3) is 1.12. The van der Waals surface area contributed by atoms with Gasteiger partial charge in [0.15, 0.2) is 0 Å². The van der Waals surface area contributed by atoms with E-state index >= 15 is 0 Å². The lowest BCUT2D eigenvalue weighted by Crippen LogP contribution is -2.34. The van der Waals surface area contributed by atoms with Crippen molar-refractivity contribution in [3.8, 4) is 0 Å². The van der Waals surface area contributed by atoms with Gasteiger partial charge < -0.3 is 5.11 Å². The Hall–Kier alpha value is -0.120. The van der Waals surface area contributed by atoms with Crippen LogP contribution in [0.4, 0.5) is 0 Å². The Bertz CT molecular complexity index is 51.7. The van der Waals surface area contributed by atoms with Crippen LogP contribution in [0.1, 0.15) is 0 Å². The average Bonchev–Trinajstić information content (AvgIpc) is 2.14. The molecule has 3 N–H and O–H groups in total. The highest BCUT2D eigenvalue weighted by molar-refractivity contribution is 4.70. The van der Waals surface area contributed by atoms with E-state index < -0.39 is 0 Å². The topological polar surface area (TPSA) is 44.3 Å². The largest absolute Gasteiger partial charge is 0.393 e. The maximum absolute atomic E-state index is 8.44. The first-order valence-electron chi connectivity index (χ1n) is 2.51. The zero-order valence-electron chi connectivity index (χ0n) is 4.15. The molecule has 0 spiro atoms. The van der Waals surface area contributed by atoms with Gasteiger partial charge in [0, 0.05) is 13.1 Å². The highest BCUT2D eigenvalue weighted by Gasteiger charge is 2.09. The molecular formula is C4H10N2O. The van der Waals surface area contributed by atoms with Gasteiger partial charge in [-0.1, -0.05) is 0 Å². The molecular weight excluding hydrogens is 92.1 g/mol. The zero-order valence-corrected chi connectivity index (χ0v) is 4.15. The molecule has 1 fully saturated rings. The molecule has 0 unspecified atom stereocenters. The fourth-order valence-corrected chi connectivity index (χ4v) is 0.694. The Morgan fingerprint density at radius 1 is 1.43 bits per heavy atom.